The topological polar surface area (TPSA) is 43.0 Å². The Balaban J connectivity index is 2.09. The van der Waals surface area contributed by atoms with E-state index in [-0.39, 0.29) is 0 Å². The van der Waals surface area contributed by atoms with Crippen LogP contribution in [0.15, 0.2) is 12.1 Å². The van der Waals surface area contributed by atoms with Crippen molar-refractivity contribution in [2.24, 2.45) is 0 Å². The predicted molar refractivity (Wildman–Crippen MR) is 84.9 cm³/mol. The number of nitrogens with one attached hydrogen (secondary N) is 1. The zero-order valence-corrected chi connectivity index (χ0v) is 13.4. The largest absolute Gasteiger partial charge is 0.493 e. The fourth-order valence-corrected chi connectivity index (χ4v) is 2.82. The van der Waals surface area contributed by atoms with Crippen molar-refractivity contribution in [3.05, 3.63) is 12.1 Å². The van der Waals surface area contributed by atoms with Gasteiger partial charge in [-0.1, -0.05) is 6.42 Å². The molecule has 0 radical (unpaired) electrons. The molecule has 1 unspecified atom stereocenters. The number of ether oxygens (including phenoxy) is 3. The Kier molecular flexibility index (Phi) is 5.56. The van der Waals surface area contributed by atoms with Crippen LogP contribution in [0.25, 0.3) is 0 Å². The van der Waals surface area contributed by atoms with Crippen molar-refractivity contribution in [2.75, 3.05) is 46.8 Å². The summed E-state index contributed by atoms with van der Waals surface area (Å²) in [6.07, 6.45) is 3.86. The van der Waals surface area contributed by atoms with E-state index in [0.717, 1.165) is 12.2 Å². The van der Waals surface area contributed by atoms with Crippen LogP contribution in [0.3, 0.4) is 0 Å². The Morgan fingerprint density at radius 3 is 2.29 bits per heavy atom. The molecule has 1 aliphatic rings. The number of hydrogen-bond donors (Lipinski definition) is 1. The fraction of sp³-hybridized carbons (Fsp3) is 0.625. The number of piperidine rings is 1. The van der Waals surface area contributed by atoms with Gasteiger partial charge < -0.3 is 24.4 Å². The van der Waals surface area contributed by atoms with E-state index >= 15 is 0 Å². The molecule has 1 atom stereocenters. The number of anilines is 1. The van der Waals surface area contributed by atoms with Gasteiger partial charge in [-0.05, 0) is 26.4 Å². The third-order valence-electron chi connectivity index (χ3n) is 4.13. The summed E-state index contributed by atoms with van der Waals surface area (Å²) in [5, 5.41) is 3.49. The molecule has 1 aromatic rings. The van der Waals surface area contributed by atoms with E-state index in [9.17, 15) is 0 Å². The van der Waals surface area contributed by atoms with Crippen LogP contribution in [0.5, 0.6) is 17.2 Å². The smallest absolute Gasteiger partial charge is 0.203 e. The number of methoxy groups -OCH3 is 3. The third kappa shape index (κ3) is 3.73. The van der Waals surface area contributed by atoms with Gasteiger partial charge in [-0.2, -0.15) is 0 Å². The monoisotopic (exact) mass is 294 g/mol. The third-order valence-corrected chi connectivity index (χ3v) is 4.13. The van der Waals surface area contributed by atoms with Crippen LogP contribution in [-0.4, -0.2) is 52.4 Å². The summed E-state index contributed by atoms with van der Waals surface area (Å²) in [7, 11) is 7.08. The molecule has 0 aromatic heterocycles. The van der Waals surface area contributed by atoms with Gasteiger partial charge in [0.2, 0.25) is 5.75 Å². The van der Waals surface area contributed by atoms with Gasteiger partial charge >= 0.3 is 0 Å². The van der Waals surface area contributed by atoms with E-state index in [4.69, 9.17) is 14.2 Å². The van der Waals surface area contributed by atoms with Crippen LogP contribution in [0.1, 0.15) is 19.3 Å². The molecule has 1 saturated heterocycles. The number of likely N-dealkylation sites (tertiary alicyclic amines) is 1. The highest BCUT2D eigenvalue weighted by molar-refractivity contribution is 5.62. The van der Waals surface area contributed by atoms with Crippen LogP contribution in [0.4, 0.5) is 5.69 Å². The number of nitrogens with zero attached hydrogens (tertiary/aromatic N) is 1. The van der Waals surface area contributed by atoms with Gasteiger partial charge in [-0.15, -0.1) is 0 Å². The molecule has 0 amide bonds. The number of likely N-dealkylation sites (N-methyl/N-ethyl adjacent to an activating group) is 1. The van der Waals surface area contributed by atoms with Crippen molar-refractivity contribution in [3.63, 3.8) is 0 Å². The molecule has 1 aromatic carbocycles. The van der Waals surface area contributed by atoms with Gasteiger partial charge in [-0.25, -0.2) is 0 Å². The first-order valence-electron chi connectivity index (χ1n) is 7.43. The molecule has 0 aliphatic carbocycles. The van der Waals surface area contributed by atoms with Gasteiger partial charge in [0.05, 0.1) is 21.3 Å². The zero-order valence-electron chi connectivity index (χ0n) is 13.4. The Morgan fingerprint density at radius 1 is 1.10 bits per heavy atom. The fourth-order valence-electron chi connectivity index (χ4n) is 2.82. The lowest BCUT2D eigenvalue weighted by Gasteiger charge is -2.32. The molecular formula is C16H26N2O3. The van der Waals surface area contributed by atoms with Crippen LogP contribution >= 0.6 is 0 Å². The van der Waals surface area contributed by atoms with Gasteiger partial charge in [-0.3, -0.25) is 0 Å². The maximum absolute atomic E-state index is 5.38. The van der Waals surface area contributed by atoms with Crippen LogP contribution in [0, 0.1) is 0 Å². The molecule has 21 heavy (non-hydrogen) atoms. The minimum Gasteiger partial charge on any atom is -0.493 e. The number of rotatable bonds is 6. The molecule has 1 N–H and O–H groups in total. The maximum atomic E-state index is 5.38. The standard InChI is InChI=1S/C16H26N2O3/c1-18-8-6-5-7-13(18)11-17-12-9-14(19-2)16(21-4)15(10-12)20-3/h9-10,13,17H,5-8,11H2,1-4H3. The summed E-state index contributed by atoms with van der Waals surface area (Å²) < 4.78 is 16.1. The van der Waals surface area contributed by atoms with Crippen molar-refractivity contribution in [2.45, 2.75) is 25.3 Å². The number of benzene rings is 1. The maximum Gasteiger partial charge on any atom is 0.203 e. The quantitative estimate of drug-likeness (QED) is 0.873. The first-order chi connectivity index (χ1) is 10.2. The SMILES string of the molecule is COc1cc(NCC2CCCCN2C)cc(OC)c1OC. The van der Waals surface area contributed by atoms with E-state index < -0.39 is 0 Å². The Hall–Kier alpha value is -1.62. The lowest BCUT2D eigenvalue weighted by molar-refractivity contribution is 0.194. The molecule has 1 aliphatic heterocycles. The van der Waals surface area contributed by atoms with Crippen molar-refractivity contribution >= 4 is 5.69 Å². The average molecular weight is 294 g/mol. The Morgan fingerprint density at radius 2 is 1.76 bits per heavy atom. The highest BCUT2D eigenvalue weighted by Crippen LogP contribution is 2.39. The first kappa shape index (κ1) is 15.8. The minimum atomic E-state index is 0.581. The summed E-state index contributed by atoms with van der Waals surface area (Å²) in [5.41, 5.74) is 0.989. The Labute approximate surface area is 127 Å². The lowest BCUT2D eigenvalue weighted by Crippen LogP contribution is -2.40. The van der Waals surface area contributed by atoms with Crippen molar-refractivity contribution < 1.29 is 14.2 Å². The van der Waals surface area contributed by atoms with Gasteiger partial charge in [0.25, 0.3) is 0 Å². The normalized spacial score (nSPS) is 19.1. The van der Waals surface area contributed by atoms with Crippen LogP contribution in [0.2, 0.25) is 0 Å². The average Bonchev–Trinajstić information content (AvgIpc) is 2.52. The molecule has 0 bridgehead atoms. The van der Waals surface area contributed by atoms with E-state index in [2.05, 4.69) is 17.3 Å². The van der Waals surface area contributed by atoms with Crippen molar-refractivity contribution in [3.8, 4) is 17.2 Å². The van der Waals surface area contributed by atoms with Gasteiger partial charge in [0, 0.05) is 30.4 Å². The molecule has 118 valence electrons. The summed E-state index contributed by atoms with van der Waals surface area (Å²) >= 11 is 0. The van der Waals surface area contributed by atoms with E-state index in [1.54, 1.807) is 21.3 Å². The second-order valence-electron chi connectivity index (χ2n) is 5.43. The second kappa shape index (κ2) is 7.41. The Bertz CT molecular complexity index is 440. The molecule has 1 fully saturated rings. The van der Waals surface area contributed by atoms with Gasteiger partial charge in [0.15, 0.2) is 11.5 Å². The second-order valence-corrected chi connectivity index (χ2v) is 5.43. The molecule has 2 rings (SSSR count). The minimum absolute atomic E-state index is 0.581. The molecule has 0 spiro atoms. The van der Waals surface area contributed by atoms with Crippen molar-refractivity contribution in [1.29, 1.82) is 0 Å². The van der Waals surface area contributed by atoms with E-state index in [1.165, 1.54) is 25.8 Å². The molecule has 5 nitrogen and oxygen atoms in total. The number of hydrogen-bond acceptors (Lipinski definition) is 5. The zero-order chi connectivity index (χ0) is 15.2. The first-order valence-corrected chi connectivity index (χ1v) is 7.43. The highest BCUT2D eigenvalue weighted by Gasteiger charge is 2.19. The predicted octanol–water partition coefficient (Wildman–Crippen LogP) is 2.61. The van der Waals surface area contributed by atoms with Crippen LogP contribution in [-0.2, 0) is 0 Å². The molecular weight excluding hydrogens is 268 g/mol. The van der Waals surface area contributed by atoms with Gasteiger partial charge in [0.1, 0.15) is 0 Å². The van der Waals surface area contributed by atoms with Crippen molar-refractivity contribution in [1.82, 2.24) is 4.90 Å². The van der Waals surface area contributed by atoms with E-state index in [1.807, 2.05) is 12.1 Å². The molecule has 1 heterocycles. The molecule has 0 saturated carbocycles. The summed E-state index contributed by atoms with van der Waals surface area (Å²) in [6.45, 7) is 2.11. The summed E-state index contributed by atoms with van der Waals surface area (Å²) in [5.74, 6) is 1.98. The van der Waals surface area contributed by atoms with Crippen LogP contribution < -0.4 is 19.5 Å². The summed E-state index contributed by atoms with van der Waals surface area (Å²) in [4.78, 5) is 2.43. The van der Waals surface area contributed by atoms with E-state index in [0.29, 0.717) is 23.3 Å². The highest BCUT2D eigenvalue weighted by atomic mass is 16.5. The summed E-state index contributed by atoms with van der Waals surface area (Å²) in [6, 6.07) is 4.48. The lowest BCUT2D eigenvalue weighted by atomic mass is 10.0. The molecule has 5 heteroatoms.